The second kappa shape index (κ2) is 14.1. The quantitative estimate of drug-likeness (QED) is 0.180. The summed E-state index contributed by atoms with van der Waals surface area (Å²) in [5.74, 6) is -4.71. The number of carboxylic acid groups (broad SMARTS) is 2. The zero-order valence-corrected chi connectivity index (χ0v) is 20.7. The van der Waals surface area contributed by atoms with Crippen LogP contribution in [-0.4, -0.2) is 34.1 Å². The fraction of sp³-hybridized carbons (Fsp3) is 0.704. The zero-order valence-electron chi connectivity index (χ0n) is 20.7. The highest BCUT2D eigenvalue weighted by Crippen LogP contribution is 2.40. The van der Waals surface area contributed by atoms with Gasteiger partial charge in [0.1, 0.15) is 0 Å². The van der Waals surface area contributed by atoms with E-state index in [-0.39, 0.29) is 41.9 Å². The Morgan fingerprint density at radius 2 is 1.26 bits per heavy atom. The number of unbranched alkanes of at least 4 members (excludes halogenated alkanes) is 8. The monoisotopic (exact) mass is 476 g/mol. The van der Waals surface area contributed by atoms with Gasteiger partial charge in [0.05, 0.1) is 5.57 Å². The van der Waals surface area contributed by atoms with Gasteiger partial charge in [-0.2, -0.15) is 0 Å². The molecule has 0 bridgehead atoms. The first-order valence-electron chi connectivity index (χ1n) is 13.0. The lowest BCUT2D eigenvalue weighted by molar-refractivity contribution is -0.151. The molecule has 7 nitrogen and oxygen atoms in total. The van der Waals surface area contributed by atoms with Crippen LogP contribution in [0, 0.1) is 11.8 Å². The molecule has 0 aromatic carbocycles. The summed E-state index contributed by atoms with van der Waals surface area (Å²) in [4.78, 5) is 49.6. The Hall–Kier alpha value is -2.44. The Bertz CT molecular complexity index is 821. The normalized spacial score (nSPS) is 23.2. The van der Waals surface area contributed by atoms with Crippen molar-refractivity contribution >= 4 is 23.9 Å². The van der Waals surface area contributed by atoms with E-state index in [9.17, 15) is 29.4 Å². The van der Waals surface area contributed by atoms with Crippen LogP contribution in [0.2, 0.25) is 0 Å². The molecule has 2 rings (SSSR count). The van der Waals surface area contributed by atoms with E-state index < -0.39 is 29.8 Å². The van der Waals surface area contributed by atoms with Gasteiger partial charge in [0.15, 0.2) is 0 Å². The third-order valence-electron chi connectivity index (χ3n) is 7.07. The molecule has 0 spiro atoms. The molecule has 0 saturated carbocycles. The Morgan fingerprint density at radius 1 is 0.735 bits per heavy atom. The average Bonchev–Trinajstić information content (AvgIpc) is 3.07. The van der Waals surface area contributed by atoms with Gasteiger partial charge in [0.2, 0.25) is 0 Å². The minimum atomic E-state index is -1.25. The van der Waals surface area contributed by atoms with E-state index in [0.29, 0.717) is 18.4 Å². The lowest BCUT2D eigenvalue weighted by Gasteiger charge is -2.21. The van der Waals surface area contributed by atoms with Crippen molar-refractivity contribution in [1.29, 1.82) is 0 Å². The van der Waals surface area contributed by atoms with E-state index >= 15 is 0 Å². The molecule has 1 heterocycles. The minimum absolute atomic E-state index is 0.0375. The van der Waals surface area contributed by atoms with Crippen LogP contribution in [0.15, 0.2) is 22.3 Å². The molecule has 34 heavy (non-hydrogen) atoms. The molecule has 1 aliphatic heterocycles. The molecule has 0 aromatic rings. The summed E-state index contributed by atoms with van der Waals surface area (Å²) in [5.41, 5.74) is 0.367. The first-order chi connectivity index (χ1) is 16.3. The number of aliphatic carboxylic acids is 2. The molecule has 0 fully saturated rings. The molecule has 2 aliphatic rings. The maximum absolute atomic E-state index is 12.5. The molecule has 0 aromatic heterocycles. The third kappa shape index (κ3) is 7.81. The van der Waals surface area contributed by atoms with Crippen LogP contribution in [-0.2, 0) is 23.9 Å². The van der Waals surface area contributed by atoms with Crippen LogP contribution in [0.5, 0.6) is 0 Å². The Labute approximate surface area is 202 Å². The summed E-state index contributed by atoms with van der Waals surface area (Å²) in [6.07, 6.45) is 11.5. The molecule has 0 saturated heterocycles. The van der Waals surface area contributed by atoms with Crippen molar-refractivity contribution in [3.05, 3.63) is 22.3 Å². The van der Waals surface area contributed by atoms with E-state index in [4.69, 9.17) is 4.74 Å². The number of cyclic esters (lactones) is 2. The van der Waals surface area contributed by atoms with Gasteiger partial charge in [-0.1, -0.05) is 78.1 Å². The summed E-state index contributed by atoms with van der Waals surface area (Å²) in [6, 6.07) is 0. The standard InChI is InChI=1S/C27H40O7/c1-3-5-7-9-10-12-14-19-17-21-20(26(32)34-27(21)33)15-18(13-11-8-6-4-2)16-22(24(28)29)23(19)25(30)31/h18-19H,3-17H2,1-2H3,(H,28,29)(H,30,31)/b23-22-/t18-,19-/m1/s1. The topological polar surface area (TPSA) is 118 Å². The van der Waals surface area contributed by atoms with Gasteiger partial charge in [0, 0.05) is 16.7 Å². The van der Waals surface area contributed by atoms with Crippen molar-refractivity contribution in [3.63, 3.8) is 0 Å². The molecule has 7 heteroatoms. The molecular weight excluding hydrogens is 436 g/mol. The predicted octanol–water partition coefficient (Wildman–Crippen LogP) is 5.97. The van der Waals surface area contributed by atoms with E-state index in [1.54, 1.807) is 0 Å². The maximum atomic E-state index is 12.5. The van der Waals surface area contributed by atoms with Gasteiger partial charge in [-0.05, 0) is 43.9 Å². The number of carbonyl (C=O) groups is 4. The second-order valence-corrected chi connectivity index (χ2v) is 9.72. The molecule has 2 N–H and O–H groups in total. The van der Waals surface area contributed by atoms with Crippen LogP contribution in [0.25, 0.3) is 0 Å². The Morgan fingerprint density at radius 3 is 1.85 bits per heavy atom. The van der Waals surface area contributed by atoms with Crippen LogP contribution < -0.4 is 0 Å². The van der Waals surface area contributed by atoms with Crippen LogP contribution in [0.1, 0.15) is 110 Å². The largest absolute Gasteiger partial charge is 0.478 e. The number of ether oxygens (including phenoxy) is 1. The number of hydrogen-bond acceptors (Lipinski definition) is 5. The molecule has 1 aliphatic carbocycles. The molecule has 0 amide bonds. The number of carbonyl (C=O) groups excluding carboxylic acids is 2. The second-order valence-electron chi connectivity index (χ2n) is 9.72. The van der Waals surface area contributed by atoms with Crippen LogP contribution in [0.4, 0.5) is 0 Å². The lowest BCUT2D eigenvalue weighted by Crippen LogP contribution is -2.21. The fourth-order valence-corrected chi connectivity index (χ4v) is 5.21. The summed E-state index contributed by atoms with van der Waals surface area (Å²) in [6.45, 7) is 4.24. The van der Waals surface area contributed by atoms with E-state index in [1.165, 1.54) is 0 Å². The SMILES string of the molecule is CCCCCCCC[C@@H]1CC2=C(C[C@@H](CCCCCC)C/C(C(=O)O)=C\1C(=O)O)C(=O)OC2=O. The Balaban J connectivity index is 2.38. The lowest BCUT2D eigenvalue weighted by atomic mass is 9.83. The van der Waals surface area contributed by atoms with Crippen LogP contribution in [0.3, 0.4) is 0 Å². The number of hydrogen-bond donors (Lipinski definition) is 2. The first kappa shape index (κ1) is 27.8. The van der Waals surface area contributed by atoms with Gasteiger partial charge in [-0.25, -0.2) is 19.2 Å². The molecular formula is C27H40O7. The minimum Gasteiger partial charge on any atom is -0.478 e. The molecule has 190 valence electrons. The smallest absolute Gasteiger partial charge is 0.342 e. The van der Waals surface area contributed by atoms with Gasteiger partial charge in [-0.15, -0.1) is 0 Å². The van der Waals surface area contributed by atoms with Gasteiger partial charge in [-0.3, -0.25) is 0 Å². The summed E-state index contributed by atoms with van der Waals surface area (Å²) >= 11 is 0. The van der Waals surface area contributed by atoms with Gasteiger partial charge < -0.3 is 14.9 Å². The summed E-state index contributed by atoms with van der Waals surface area (Å²) in [5, 5.41) is 20.1. The average molecular weight is 477 g/mol. The van der Waals surface area contributed by atoms with E-state index in [1.807, 2.05) is 0 Å². The maximum Gasteiger partial charge on any atom is 0.342 e. The Kier molecular flexibility index (Phi) is 11.5. The van der Waals surface area contributed by atoms with Gasteiger partial charge >= 0.3 is 23.9 Å². The first-order valence-corrected chi connectivity index (χ1v) is 13.0. The number of carboxylic acids is 2. The van der Waals surface area contributed by atoms with Crippen molar-refractivity contribution in [2.75, 3.05) is 0 Å². The van der Waals surface area contributed by atoms with Crippen molar-refractivity contribution in [2.45, 2.75) is 110 Å². The predicted molar refractivity (Wildman–Crippen MR) is 128 cm³/mol. The van der Waals surface area contributed by atoms with Crippen molar-refractivity contribution in [1.82, 2.24) is 0 Å². The molecule has 2 atom stereocenters. The van der Waals surface area contributed by atoms with Gasteiger partial charge in [0.25, 0.3) is 0 Å². The molecule has 0 radical (unpaired) electrons. The highest BCUT2D eigenvalue weighted by molar-refractivity contribution is 6.12. The number of rotatable bonds is 14. The van der Waals surface area contributed by atoms with Crippen molar-refractivity contribution in [3.8, 4) is 0 Å². The fourth-order valence-electron chi connectivity index (χ4n) is 5.21. The molecule has 0 unspecified atom stereocenters. The summed E-state index contributed by atoms with van der Waals surface area (Å²) in [7, 11) is 0. The zero-order chi connectivity index (χ0) is 25.1. The number of esters is 2. The van der Waals surface area contributed by atoms with Crippen molar-refractivity contribution < 1.29 is 34.1 Å². The van der Waals surface area contributed by atoms with E-state index in [2.05, 4.69) is 13.8 Å². The van der Waals surface area contributed by atoms with Crippen molar-refractivity contribution in [2.24, 2.45) is 11.8 Å². The van der Waals surface area contributed by atoms with E-state index in [0.717, 1.165) is 64.2 Å². The van der Waals surface area contributed by atoms with Crippen LogP contribution >= 0.6 is 0 Å². The third-order valence-corrected chi connectivity index (χ3v) is 7.07. The summed E-state index contributed by atoms with van der Waals surface area (Å²) < 4.78 is 4.91. The highest BCUT2D eigenvalue weighted by atomic mass is 16.6. The highest BCUT2D eigenvalue weighted by Gasteiger charge is 2.40.